The normalized spacial score (nSPS) is 45.4. The molecule has 10 saturated carbocycles. The van der Waals surface area contributed by atoms with E-state index in [1.807, 2.05) is 25.1 Å². The number of sulfone groups is 1. The summed E-state index contributed by atoms with van der Waals surface area (Å²) in [6.07, 6.45) is 37.6. The van der Waals surface area contributed by atoms with Crippen LogP contribution in [0.1, 0.15) is 267 Å². The molecule has 1 aromatic carbocycles. The first-order valence-electron chi connectivity index (χ1n) is 33.0. The summed E-state index contributed by atoms with van der Waals surface area (Å²) < 4.78 is 28.9. The Bertz CT molecular complexity index is 2190. The fraction of sp³-hybridized carbons (Fsp3) is 0.913. The molecule has 11 rings (SSSR count). The maximum absolute atomic E-state index is 14.4. The number of rotatable bonds is 10. The van der Waals surface area contributed by atoms with Crippen LogP contribution in [0.15, 0.2) is 35.2 Å². The van der Waals surface area contributed by atoms with E-state index >= 15 is 0 Å². The number of fused-ring (bicyclic) bond motifs is 10. The number of aliphatic hydroxyl groups is 5. The van der Waals surface area contributed by atoms with Gasteiger partial charge in [0.05, 0.1) is 32.5 Å². The van der Waals surface area contributed by atoms with E-state index in [9.17, 15) is 28.8 Å². The Balaban J connectivity index is 0.000000187. The van der Waals surface area contributed by atoms with Gasteiger partial charge in [-0.05, 0) is 279 Å². The zero-order valence-corrected chi connectivity index (χ0v) is 51.5. The summed E-state index contributed by atoms with van der Waals surface area (Å²) in [4.78, 5) is 0.418. The second-order valence-corrected chi connectivity index (χ2v) is 33.6. The molecule has 440 valence electrons. The largest absolute Gasteiger partial charge is 0.400 e. The van der Waals surface area contributed by atoms with Crippen molar-refractivity contribution in [2.45, 2.75) is 300 Å². The molecule has 7 nitrogen and oxygen atoms in total. The molecule has 1 aromatic rings. The average molecular weight is 1090 g/mol. The maximum atomic E-state index is 14.4. The van der Waals surface area contributed by atoms with E-state index in [-0.39, 0.29) is 16.9 Å². The van der Waals surface area contributed by atoms with Gasteiger partial charge in [0.15, 0.2) is 9.84 Å². The first-order chi connectivity index (χ1) is 36.4. The van der Waals surface area contributed by atoms with Crippen molar-refractivity contribution in [3.05, 3.63) is 30.3 Å². The highest BCUT2D eigenvalue weighted by atomic mass is 32.2. The Morgan fingerprint density at radius 2 is 0.909 bits per heavy atom. The fourth-order valence-electron chi connectivity index (χ4n) is 22.7. The van der Waals surface area contributed by atoms with Crippen LogP contribution in [0.4, 0.5) is 0 Å². The molecule has 5 N–H and O–H groups in total. The van der Waals surface area contributed by atoms with Crippen LogP contribution in [0.5, 0.6) is 0 Å². The van der Waals surface area contributed by atoms with E-state index in [4.69, 9.17) is 5.11 Å². The van der Waals surface area contributed by atoms with Crippen molar-refractivity contribution in [3.8, 4) is 0 Å². The highest BCUT2D eigenvalue weighted by Crippen LogP contribution is 2.71. The van der Waals surface area contributed by atoms with Crippen LogP contribution in [0.2, 0.25) is 0 Å². The number of hydrogen-bond donors (Lipinski definition) is 5. The molecule has 10 fully saturated rings. The lowest BCUT2D eigenvalue weighted by molar-refractivity contribution is -0.148. The minimum atomic E-state index is -3.60. The summed E-state index contributed by atoms with van der Waals surface area (Å²) in [6.45, 7) is 19.3. The van der Waals surface area contributed by atoms with Gasteiger partial charge in [-0.25, -0.2) is 8.42 Å². The quantitative estimate of drug-likeness (QED) is 0.147. The Kier molecular flexibility index (Phi) is 18.2. The van der Waals surface area contributed by atoms with E-state index in [2.05, 4.69) is 48.5 Å². The van der Waals surface area contributed by atoms with Gasteiger partial charge in [-0.2, -0.15) is 0 Å². The van der Waals surface area contributed by atoms with Gasteiger partial charge in [0.2, 0.25) is 0 Å². The zero-order valence-electron chi connectivity index (χ0n) is 50.7. The first-order valence-corrected chi connectivity index (χ1v) is 34.5. The number of benzene rings is 1. The molecular weight excluding hydrogens is 973 g/mol. The second-order valence-electron chi connectivity index (χ2n) is 31.4. The molecule has 0 amide bonds. The monoisotopic (exact) mass is 1090 g/mol. The standard InChI is InChI=1S/C37H58O4S.C31H54O2.CH4O/c1-26(33(25-37(39)19-10-5-6-11-20-37)42(40,41)28-12-8-7-9-13-28)30-16-17-31-29-15-14-27-24-34(2,38)22-23-35(27,3)32(29)18-21-36(30,31)4;1-22(13-18-31(33)15-7-5-6-8-16-31)25-11-12-26-24-10-9-23-21-28(2,32)19-20-29(23,3)27(24)14-17-30(25,26)4;1-2/h7-9,12-13,26-27,29-33,38-39H,5-6,10-11,14-25H2,1-4H3;22-27,32-33H,5-21H2,1-4H3;2H,1H3/t26-,27-,29-,30+,31-,32-,33?,34-,35-,36+;22-,23+,24+,25-,26+,27+,28+,29+,30-;/m01./s1. The van der Waals surface area contributed by atoms with Crippen LogP contribution in [0.25, 0.3) is 0 Å². The molecular formula is C69H116O7S. The van der Waals surface area contributed by atoms with Crippen molar-refractivity contribution in [2.75, 3.05) is 7.11 Å². The van der Waals surface area contributed by atoms with E-state index in [0.717, 1.165) is 151 Å². The summed E-state index contributed by atoms with van der Waals surface area (Å²) in [5.74, 6) is 8.19. The van der Waals surface area contributed by atoms with Crippen molar-refractivity contribution in [1.82, 2.24) is 0 Å². The Hall–Kier alpha value is -1.03. The van der Waals surface area contributed by atoms with Crippen LogP contribution < -0.4 is 0 Å². The zero-order chi connectivity index (χ0) is 55.5. The molecule has 8 heteroatoms. The summed E-state index contributed by atoms with van der Waals surface area (Å²) in [5, 5.41) is 51.2. The predicted molar refractivity (Wildman–Crippen MR) is 315 cm³/mol. The molecule has 0 heterocycles. The molecule has 19 atom stereocenters. The third kappa shape index (κ3) is 11.8. The molecule has 0 radical (unpaired) electrons. The SMILES string of the molecule is CO.C[C@H](C(CC1(O)CCCCCC1)S(=O)(=O)c1ccccc1)[C@H]1CC[C@H]2[C@@H]3CC[C@H]4C[C@@](C)(O)CC[C@]4(C)[C@H]3CC[C@]12C.C[C@H](CCC1(O)CCCCCC1)[C@H]1CC[C@H]2[C@@H]3CC[C@H]4C[C@@](C)(O)CC[C@]4(C)[C@H]3CC[C@]12C. The lowest BCUT2D eigenvalue weighted by atomic mass is 9.43. The van der Waals surface area contributed by atoms with E-state index in [1.165, 1.54) is 109 Å². The summed E-state index contributed by atoms with van der Waals surface area (Å²) in [6, 6.07) is 9.09. The Morgan fingerprint density at radius 3 is 1.39 bits per heavy atom. The van der Waals surface area contributed by atoms with Crippen LogP contribution in [0, 0.1) is 92.7 Å². The third-order valence-electron chi connectivity index (χ3n) is 27.1. The summed E-state index contributed by atoms with van der Waals surface area (Å²) in [5.41, 5.74) is -0.697. The summed E-state index contributed by atoms with van der Waals surface area (Å²) >= 11 is 0. The molecule has 0 spiro atoms. The van der Waals surface area contributed by atoms with Crippen molar-refractivity contribution in [1.29, 1.82) is 0 Å². The highest BCUT2D eigenvalue weighted by molar-refractivity contribution is 7.92. The minimum Gasteiger partial charge on any atom is -0.400 e. The van der Waals surface area contributed by atoms with Crippen molar-refractivity contribution < 1.29 is 34.0 Å². The molecule has 1 unspecified atom stereocenters. The third-order valence-corrected chi connectivity index (χ3v) is 29.5. The van der Waals surface area contributed by atoms with Gasteiger partial charge >= 0.3 is 0 Å². The molecule has 10 aliphatic carbocycles. The topological polar surface area (TPSA) is 135 Å². The van der Waals surface area contributed by atoms with Crippen LogP contribution >= 0.6 is 0 Å². The van der Waals surface area contributed by atoms with Crippen LogP contribution in [-0.4, -0.2) is 68.7 Å². The molecule has 77 heavy (non-hydrogen) atoms. The predicted octanol–water partition coefficient (Wildman–Crippen LogP) is 15.9. The molecule has 0 aromatic heterocycles. The fourth-order valence-corrected chi connectivity index (χ4v) is 24.8. The van der Waals surface area contributed by atoms with Crippen LogP contribution in [-0.2, 0) is 9.84 Å². The second kappa shape index (κ2) is 23.2. The maximum Gasteiger partial charge on any atom is 0.181 e. The Morgan fingerprint density at radius 1 is 0.481 bits per heavy atom. The lowest BCUT2D eigenvalue weighted by Gasteiger charge is -2.62. The van der Waals surface area contributed by atoms with Crippen LogP contribution in [0.3, 0.4) is 0 Å². The van der Waals surface area contributed by atoms with Crippen molar-refractivity contribution in [2.24, 2.45) is 92.7 Å². The minimum absolute atomic E-state index is 0.00531. The van der Waals surface area contributed by atoms with E-state index in [0.29, 0.717) is 45.3 Å². The number of hydrogen-bond acceptors (Lipinski definition) is 7. The number of aliphatic hydroxyl groups excluding tert-OH is 1. The van der Waals surface area contributed by atoms with Gasteiger partial charge in [-0.15, -0.1) is 0 Å². The lowest BCUT2D eigenvalue weighted by Crippen LogP contribution is -2.56. The van der Waals surface area contributed by atoms with Gasteiger partial charge in [0.1, 0.15) is 0 Å². The van der Waals surface area contributed by atoms with Crippen molar-refractivity contribution >= 4 is 9.84 Å². The van der Waals surface area contributed by atoms with E-state index in [1.54, 1.807) is 12.1 Å². The average Bonchev–Trinajstić information content (AvgIpc) is 4.03. The van der Waals surface area contributed by atoms with Gasteiger partial charge in [-0.3, -0.25) is 0 Å². The first kappa shape index (κ1) is 60.6. The summed E-state index contributed by atoms with van der Waals surface area (Å²) in [7, 11) is -2.60. The smallest absolute Gasteiger partial charge is 0.181 e. The Labute approximate surface area is 471 Å². The van der Waals surface area contributed by atoms with Gasteiger partial charge < -0.3 is 25.5 Å². The highest BCUT2D eigenvalue weighted by Gasteiger charge is 2.64. The van der Waals surface area contributed by atoms with Gasteiger partial charge in [-0.1, -0.05) is 111 Å². The molecule has 0 saturated heterocycles. The van der Waals surface area contributed by atoms with Gasteiger partial charge in [0.25, 0.3) is 0 Å². The van der Waals surface area contributed by atoms with Crippen molar-refractivity contribution in [3.63, 3.8) is 0 Å². The molecule has 10 aliphatic rings. The molecule has 0 bridgehead atoms. The van der Waals surface area contributed by atoms with E-state index < -0.39 is 31.9 Å². The molecule has 0 aliphatic heterocycles. The van der Waals surface area contributed by atoms with Gasteiger partial charge in [0, 0.05) is 7.11 Å².